The number of phenolic OH excluding ortho intramolecular Hbond substituents is 1. The number of aromatic nitrogens is 2. The van der Waals surface area contributed by atoms with Gasteiger partial charge in [-0.25, -0.2) is 4.98 Å². The first-order valence-electron chi connectivity index (χ1n) is 8.18. The number of hydrogen-bond donors (Lipinski definition) is 1. The van der Waals surface area contributed by atoms with Gasteiger partial charge in [-0.05, 0) is 43.4 Å². The molecule has 0 aliphatic heterocycles. The molecule has 0 aliphatic rings. The van der Waals surface area contributed by atoms with Crippen LogP contribution in [0.2, 0.25) is 0 Å². The van der Waals surface area contributed by atoms with Crippen molar-refractivity contribution in [3.05, 3.63) is 66.0 Å². The fourth-order valence-electron chi connectivity index (χ4n) is 2.84. The number of aromatic hydroxyl groups is 1. The van der Waals surface area contributed by atoms with Crippen LogP contribution in [0.1, 0.15) is 11.1 Å². The van der Waals surface area contributed by atoms with E-state index in [9.17, 15) is 5.11 Å². The van der Waals surface area contributed by atoms with Crippen molar-refractivity contribution in [3.63, 3.8) is 0 Å². The van der Waals surface area contributed by atoms with Crippen molar-refractivity contribution < 1.29 is 9.84 Å². The molecule has 0 bridgehead atoms. The van der Waals surface area contributed by atoms with E-state index in [0.717, 1.165) is 24.5 Å². The predicted octanol–water partition coefficient (Wildman–Crippen LogP) is 3.37. The van der Waals surface area contributed by atoms with Crippen molar-refractivity contribution >= 4 is 0 Å². The van der Waals surface area contributed by atoms with E-state index >= 15 is 0 Å². The molecule has 1 heterocycles. The van der Waals surface area contributed by atoms with E-state index in [1.54, 1.807) is 18.3 Å². The number of rotatable bonds is 6. The molecule has 0 saturated heterocycles. The van der Waals surface area contributed by atoms with Crippen molar-refractivity contribution in [3.8, 4) is 22.9 Å². The maximum atomic E-state index is 10.0. The molecule has 3 aromatic rings. The van der Waals surface area contributed by atoms with Crippen LogP contribution in [0, 0.1) is 0 Å². The van der Waals surface area contributed by atoms with E-state index in [-0.39, 0.29) is 5.75 Å². The summed E-state index contributed by atoms with van der Waals surface area (Å²) in [7, 11) is 5.67. The Hall–Kier alpha value is -2.79. The summed E-state index contributed by atoms with van der Waals surface area (Å²) < 4.78 is 7.17. The third kappa shape index (κ3) is 4.00. The van der Waals surface area contributed by atoms with Gasteiger partial charge in [0.15, 0.2) is 11.5 Å². The smallest absolute Gasteiger partial charge is 0.160 e. The lowest BCUT2D eigenvalue weighted by Gasteiger charge is -2.12. The van der Waals surface area contributed by atoms with Gasteiger partial charge in [-0.3, -0.25) is 0 Å². The van der Waals surface area contributed by atoms with Gasteiger partial charge in [0.25, 0.3) is 0 Å². The zero-order valence-electron chi connectivity index (χ0n) is 14.8. The highest BCUT2D eigenvalue weighted by atomic mass is 16.5. The summed E-state index contributed by atoms with van der Waals surface area (Å²) in [5.74, 6) is 1.39. The van der Waals surface area contributed by atoms with Crippen molar-refractivity contribution in [2.45, 2.75) is 13.1 Å². The fourth-order valence-corrected chi connectivity index (χ4v) is 2.84. The molecule has 3 rings (SSSR count). The van der Waals surface area contributed by atoms with E-state index < -0.39 is 0 Å². The Morgan fingerprint density at radius 2 is 1.80 bits per heavy atom. The molecule has 0 atom stereocenters. The van der Waals surface area contributed by atoms with Crippen LogP contribution in [-0.4, -0.2) is 40.8 Å². The summed E-state index contributed by atoms with van der Waals surface area (Å²) in [6, 6.07) is 13.9. The molecule has 25 heavy (non-hydrogen) atoms. The van der Waals surface area contributed by atoms with Crippen LogP contribution >= 0.6 is 0 Å². The molecule has 1 N–H and O–H groups in total. The first kappa shape index (κ1) is 17.0. The molecule has 5 nitrogen and oxygen atoms in total. The van der Waals surface area contributed by atoms with E-state index in [0.29, 0.717) is 5.75 Å². The van der Waals surface area contributed by atoms with Gasteiger partial charge in [-0.15, -0.1) is 0 Å². The zero-order valence-corrected chi connectivity index (χ0v) is 14.8. The Morgan fingerprint density at radius 1 is 1.08 bits per heavy atom. The third-order valence-electron chi connectivity index (χ3n) is 4.03. The largest absolute Gasteiger partial charge is 0.504 e. The summed E-state index contributed by atoms with van der Waals surface area (Å²) in [5, 5.41) is 10.0. The minimum Gasteiger partial charge on any atom is -0.504 e. The summed E-state index contributed by atoms with van der Waals surface area (Å²) >= 11 is 0. The Labute approximate surface area is 148 Å². The van der Waals surface area contributed by atoms with Crippen LogP contribution in [0.25, 0.3) is 11.4 Å². The second kappa shape index (κ2) is 7.40. The molecule has 0 aliphatic carbocycles. The first-order valence-corrected chi connectivity index (χ1v) is 8.18. The Balaban J connectivity index is 1.81. The summed E-state index contributed by atoms with van der Waals surface area (Å²) in [4.78, 5) is 6.59. The summed E-state index contributed by atoms with van der Waals surface area (Å²) in [5.41, 5.74) is 3.35. The second-order valence-electron chi connectivity index (χ2n) is 6.32. The van der Waals surface area contributed by atoms with Crippen LogP contribution in [0.4, 0.5) is 0 Å². The molecule has 0 unspecified atom stereocenters. The van der Waals surface area contributed by atoms with Crippen LogP contribution in [0.5, 0.6) is 11.5 Å². The molecule has 1 aromatic heterocycles. The van der Waals surface area contributed by atoms with E-state index in [2.05, 4.69) is 52.8 Å². The molecule has 0 spiro atoms. The molecule has 0 amide bonds. The number of phenols is 1. The Morgan fingerprint density at radius 3 is 2.44 bits per heavy atom. The molecular formula is C20H23N3O2. The van der Waals surface area contributed by atoms with Crippen molar-refractivity contribution in [1.29, 1.82) is 0 Å². The average molecular weight is 337 g/mol. The minimum absolute atomic E-state index is 0.114. The maximum Gasteiger partial charge on any atom is 0.160 e. The maximum absolute atomic E-state index is 10.0. The highest BCUT2D eigenvalue weighted by Crippen LogP contribution is 2.30. The average Bonchev–Trinajstić information content (AvgIpc) is 3.04. The lowest BCUT2D eigenvalue weighted by atomic mass is 10.1. The number of methoxy groups -OCH3 is 1. The van der Waals surface area contributed by atoms with Gasteiger partial charge >= 0.3 is 0 Å². The lowest BCUT2D eigenvalue weighted by molar-refractivity contribution is 0.373. The van der Waals surface area contributed by atoms with E-state index in [4.69, 9.17) is 4.74 Å². The summed E-state index contributed by atoms with van der Waals surface area (Å²) in [6.07, 6.45) is 3.72. The van der Waals surface area contributed by atoms with Crippen LogP contribution in [0.3, 0.4) is 0 Å². The lowest BCUT2D eigenvalue weighted by Crippen LogP contribution is -2.10. The quantitative estimate of drug-likeness (QED) is 0.749. The summed E-state index contributed by atoms with van der Waals surface area (Å²) in [6.45, 7) is 1.66. The van der Waals surface area contributed by atoms with Crippen molar-refractivity contribution in [1.82, 2.24) is 14.5 Å². The van der Waals surface area contributed by atoms with Gasteiger partial charge in [0.05, 0.1) is 7.11 Å². The molecular weight excluding hydrogens is 314 g/mol. The Kier molecular flexibility index (Phi) is 5.05. The molecule has 130 valence electrons. The normalized spacial score (nSPS) is 11.0. The molecule has 0 radical (unpaired) electrons. The number of imidazole rings is 1. The molecule has 0 saturated carbocycles. The first-order chi connectivity index (χ1) is 12.1. The fraction of sp³-hybridized carbons (Fsp3) is 0.250. The Bertz CT molecular complexity index is 838. The van der Waals surface area contributed by atoms with Gasteiger partial charge in [0.1, 0.15) is 5.82 Å². The van der Waals surface area contributed by atoms with Crippen molar-refractivity contribution in [2.24, 2.45) is 0 Å². The molecule has 5 heteroatoms. The van der Waals surface area contributed by atoms with Gasteiger partial charge in [0.2, 0.25) is 0 Å². The highest BCUT2D eigenvalue weighted by Gasteiger charge is 2.10. The second-order valence-corrected chi connectivity index (χ2v) is 6.32. The van der Waals surface area contributed by atoms with Crippen molar-refractivity contribution in [2.75, 3.05) is 21.2 Å². The van der Waals surface area contributed by atoms with Gasteiger partial charge in [-0.1, -0.05) is 24.3 Å². The van der Waals surface area contributed by atoms with E-state index in [1.807, 2.05) is 12.3 Å². The topological polar surface area (TPSA) is 50.5 Å². The van der Waals surface area contributed by atoms with Gasteiger partial charge in [-0.2, -0.15) is 0 Å². The van der Waals surface area contributed by atoms with Crippen LogP contribution < -0.4 is 4.74 Å². The monoisotopic (exact) mass is 337 g/mol. The number of benzene rings is 2. The number of nitrogens with zero attached hydrogens (tertiary/aromatic N) is 3. The number of ether oxygens (including phenoxy) is 1. The third-order valence-corrected chi connectivity index (χ3v) is 4.03. The minimum atomic E-state index is 0.114. The van der Waals surface area contributed by atoms with Crippen LogP contribution in [-0.2, 0) is 13.1 Å². The highest BCUT2D eigenvalue weighted by molar-refractivity contribution is 5.61. The van der Waals surface area contributed by atoms with Gasteiger partial charge in [0, 0.05) is 31.0 Å². The molecule has 0 fully saturated rings. The van der Waals surface area contributed by atoms with Crippen LogP contribution in [0.15, 0.2) is 54.9 Å². The zero-order chi connectivity index (χ0) is 17.8. The predicted molar refractivity (Wildman–Crippen MR) is 98.8 cm³/mol. The van der Waals surface area contributed by atoms with E-state index in [1.165, 1.54) is 18.2 Å². The molecule has 2 aromatic carbocycles. The standard InChI is InChI=1S/C20H23N3O2/c1-22(2)13-15-4-6-16(7-5-15)14-23-11-10-21-20(23)17-8-9-19(25-3)18(24)12-17/h4-12,24H,13-14H2,1-3H3. The van der Waals surface area contributed by atoms with Gasteiger partial charge < -0.3 is 19.3 Å². The SMILES string of the molecule is COc1ccc(-c2nccn2Cc2ccc(CN(C)C)cc2)cc1O. The number of hydrogen-bond acceptors (Lipinski definition) is 4.